The molecule has 0 bridgehead atoms. The van der Waals surface area contributed by atoms with Gasteiger partial charge < -0.3 is 10.4 Å². The molecule has 2 aliphatic carbocycles. The van der Waals surface area contributed by atoms with Crippen LogP contribution in [0, 0.1) is 29.1 Å². The molecule has 0 aromatic heterocycles. The summed E-state index contributed by atoms with van der Waals surface area (Å²) in [4.78, 5) is 27.6. The number of hydrogen-bond donors (Lipinski definition) is 2. The van der Waals surface area contributed by atoms with E-state index in [4.69, 9.17) is 0 Å². The zero-order valence-electron chi connectivity index (χ0n) is 19.5. The molecule has 0 saturated carbocycles. The maximum absolute atomic E-state index is 13.9. The first kappa shape index (κ1) is 22.7. The van der Waals surface area contributed by atoms with E-state index in [2.05, 4.69) is 56.4 Å². The van der Waals surface area contributed by atoms with Crippen molar-refractivity contribution >= 4 is 11.7 Å². The van der Waals surface area contributed by atoms with Gasteiger partial charge in [-0.2, -0.15) is 0 Å². The van der Waals surface area contributed by atoms with Gasteiger partial charge in [0.15, 0.2) is 5.78 Å². The number of amides is 1. The van der Waals surface area contributed by atoms with Gasteiger partial charge in [-0.25, -0.2) is 0 Å². The van der Waals surface area contributed by atoms with E-state index in [1.54, 1.807) is 13.0 Å². The van der Waals surface area contributed by atoms with Gasteiger partial charge in [0.05, 0.1) is 5.60 Å². The molecule has 1 amide bonds. The summed E-state index contributed by atoms with van der Waals surface area (Å²) >= 11 is 0. The number of benzene rings is 1. The van der Waals surface area contributed by atoms with Crippen LogP contribution in [-0.2, 0) is 16.0 Å². The first-order valence-corrected chi connectivity index (χ1v) is 11.8. The maximum Gasteiger partial charge on any atom is 0.235 e. The molecule has 2 N–H and O–H groups in total. The molecule has 170 valence electrons. The van der Waals surface area contributed by atoms with Gasteiger partial charge in [-0.3, -0.25) is 9.59 Å². The van der Waals surface area contributed by atoms with Crippen LogP contribution in [0.25, 0.3) is 0 Å². The van der Waals surface area contributed by atoms with Gasteiger partial charge >= 0.3 is 0 Å². The van der Waals surface area contributed by atoms with E-state index in [0.717, 1.165) is 12.0 Å². The van der Waals surface area contributed by atoms with E-state index in [9.17, 15) is 14.7 Å². The van der Waals surface area contributed by atoms with Crippen LogP contribution in [0.2, 0.25) is 0 Å². The molecular weight excluding hydrogens is 398 g/mol. The van der Waals surface area contributed by atoms with Crippen LogP contribution in [0.15, 0.2) is 66.3 Å². The van der Waals surface area contributed by atoms with E-state index in [1.165, 1.54) is 11.6 Å². The third kappa shape index (κ3) is 3.90. The van der Waals surface area contributed by atoms with Crippen molar-refractivity contribution in [1.82, 2.24) is 5.32 Å². The summed E-state index contributed by atoms with van der Waals surface area (Å²) < 4.78 is 0. The van der Waals surface area contributed by atoms with E-state index in [1.807, 2.05) is 18.2 Å². The maximum atomic E-state index is 13.9. The minimum Gasteiger partial charge on any atom is -0.386 e. The molecule has 4 rings (SSSR count). The summed E-state index contributed by atoms with van der Waals surface area (Å²) in [6.07, 6.45) is 11.4. The molecule has 0 radical (unpaired) electrons. The Morgan fingerprint density at radius 1 is 1.16 bits per heavy atom. The lowest BCUT2D eigenvalue weighted by atomic mass is 9.55. The third-order valence-electron chi connectivity index (χ3n) is 7.82. The second-order valence-corrected chi connectivity index (χ2v) is 10.4. The van der Waals surface area contributed by atoms with Gasteiger partial charge in [-0.15, -0.1) is 0 Å². The van der Waals surface area contributed by atoms with Crippen molar-refractivity contribution in [2.75, 3.05) is 0 Å². The van der Waals surface area contributed by atoms with Crippen molar-refractivity contribution in [1.29, 1.82) is 0 Å². The zero-order chi connectivity index (χ0) is 23.1. The average Bonchev–Trinajstić information content (AvgIpc) is 3.02. The highest BCUT2D eigenvalue weighted by molar-refractivity contribution is 6.13. The third-order valence-corrected chi connectivity index (χ3v) is 7.82. The summed E-state index contributed by atoms with van der Waals surface area (Å²) in [6.45, 7) is 8.09. The summed E-state index contributed by atoms with van der Waals surface area (Å²) in [7, 11) is 0. The Kier molecular flexibility index (Phi) is 6.02. The number of carbonyl (C=O) groups is 2. The molecule has 32 heavy (non-hydrogen) atoms. The number of allylic oxidation sites excluding steroid dienone is 5. The lowest BCUT2D eigenvalue weighted by Crippen LogP contribution is -2.52. The number of ketones is 1. The van der Waals surface area contributed by atoms with Crippen molar-refractivity contribution in [2.45, 2.75) is 58.6 Å². The van der Waals surface area contributed by atoms with Crippen molar-refractivity contribution in [3.05, 3.63) is 71.8 Å². The number of carbonyl (C=O) groups excluding carboxylic acids is 2. The Hall–Kier alpha value is -2.46. The molecule has 1 aromatic carbocycles. The number of aliphatic hydroxyl groups is 1. The Balaban J connectivity index is 1.84. The van der Waals surface area contributed by atoms with Crippen LogP contribution in [0.5, 0.6) is 0 Å². The Morgan fingerprint density at radius 2 is 1.88 bits per heavy atom. The second-order valence-electron chi connectivity index (χ2n) is 10.4. The molecule has 1 aromatic rings. The smallest absolute Gasteiger partial charge is 0.235 e. The molecule has 1 fully saturated rings. The lowest BCUT2D eigenvalue weighted by Gasteiger charge is -2.44. The quantitative estimate of drug-likeness (QED) is 0.536. The summed E-state index contributed by atoms with van der Waals surface area (Å²) in [5, 5.41) is 14.1. The van der Waals surface area contributed by atoms with E-state index < -0.39 is 11.0 Å². The van der Waals surface area contributed by atoms with Crippen LogP contribution in [0.4, 0.5) is 0 Å². The van der Waals surface area contributed by atoms with E-state index >= 15 is 0 Å². The minimum atomic E-state index is -1.19. The van der Waals surface area contributed by atoms with Crippen LogP contribution < -0.4 is 5.32 Å². The Bertz CT molecular complexity index is 974. The highest BCUT2D eigenvalue weighted by atomic mass is 16.3. The molecule has 1 spiro atoms. The normalized spacial score (nSPS) is 39.5. The minimum absolute atomic E-state index is 0.0919. The Labute approximate surface area is 191 Å². The monoisotopic (exact) mass is 433 g/mol. The van der Waals surface area contributed by atoms with Crippen molar-refractivity contribution in [3.8, 4) is 0 Å². The van der Waals surface area contributed by atoms with Gasteiger partial charge in [0.25, 0.3) is 0 Å². The van der Waals surface area contributed by atoms with Gasteiger partial charge in [-0.05, 0) is 62.7 Å². The Morgan fingerprint density at radius 3 is 2.59 bits per heavy atom. The fourth-order valence-corrected chi connectivity index (χ4v) is 6.21. The molecule has 4 heteroatoms. The molecule has 7 atom stereocenters. The first-order valence-electron chi connectivity index (χ1n) is 11.8. The molecule has 0 unspecified atom stereocenters. The van der Waals surface area contributed by atoms with E-state index in [0.29, 0.717) is 12.8 Å². The summed E-state index contributed by atoms with van der Waals surface area (Å²) in [5.74, 6) is -0.478. The highest BCUT2D eigenvalue weighted by Crippen LogP contribution is 2.54. The van der Waals surface area contributed by atoms with Crippen LogP contribution >= 0.6 is 0 Å². The number of hydrogen-bond acceptors (Lipinski definition) is 3. The van der Waals surface area contributed by atoms with Crippen LogP contribution in [0.3, 0.4) is 0 Å². The molecule has 4 nitrogen and oxygen atoms in total. The molecule has 1 saturated heterocycles. The predicted molar refractivity (Wildman–Crippen MR) is 127 cm³/mol. The fourth-order valence-electron chi connectivity index (χ4n) is 6.21. The molecule has 3 aliphatic rings. The van der Waals surface area contributed by atoms with Gasteiger partial charge in [0, 0.05) is 17.9 Å². The number of nitrogens with one attached hydrogen (secondary N) is 1. The van der Waals surface area contributed by atoms with Crippen molar-refractivity contribution in [3.63, 3.8) is 0 Å². The van der Waals surface area contributed by atoms with Gasteiger partial charge in [-0.1, -0.05) is 68.0 Å². The van der Waals surface area contributed by atoms with Crippen molar-refractivity contribution < 1.29 is 14.7 Å². The summed E-state index contributed by atoms with van der Waals surface area (Å²) in [5.41, 5.74) is 0.105. The van der Waals surface area contributed by atoms with Crippen molar-refractivity contribution in [2.24, 2.45) is 29.1 Å². The SMILES string of the molecule is CC1=C[C@H]2C=CC[C@@H](C)C[C@@](C)(O)C=CC(=O)[C@@]23C(=O)N[C@H](Cc2ccccc2)[C@H]3[C@H]1C. The first-order chi connectivity index (χ1) is 15.1. The molecular formula is C28H35NO3. The van der Waals surface area contributed by atoms with Crippen LogP contribution in [-0.4, -0.2) is 28.4 Å². The summed E-state index contributed by atoms with van der Waals surface area (Å²) in [6, 6.07) is 10.0. The standard InChI is InChI=1S/C28H35NO3/c1-18-9-8-12-22-15-19(2)20(3)25-23(16-21-10-6-5-7-11-21)29-26(31)28(22,25)24(30)13-14-27(4,32)17-18/h5-8,10-15,18,20,22-23,25,32H,9,16-17H2,1-4H3,(H,29,31)/t18-,20+,22-,23-,25-,27+,28+/m1/s1. The topological polar surface area (TPSA) is 66.4 Å². The highest BCUT2D eigenvalue weighted by Gasteiger charge is 2.64. The van der Waals surface area contributed by atoms with E-state index in [-0.39, 0.29) is 41.4 Å². The lowest BCUT2D eigenvalue weighted by molar-refractivity contribution is -0.142. The average molecular weight is 434 g/mol. The predicted octanol–water partition coefficient (Wildman–Crippen LogP) is 4.40. The number of rotatable bonds is 2. The fraction of sp³-hybridized carbons (Fsp3) is 0.500. The van der Waals surface area contributed by atoms with Crippen LogP contribution in [0.1, 0.15) is 46.1 Å². The molecule has 1 aliphatic heterocycles. The molecule has 1 heterocycles. The second kappa shape index (κ2) is 8.47. The van der Waals surface area contributed by atoms with Gasteiger partial charge in [0.1, 0.15) is 5.41 Å². The largest absolute Gasteiger partial charge is 0.386 e. The van der Waals surface area contributed by atoms with Gasteiger partial charge in [0.2, 0.25) is 5.91 Å². The zero-order valence-corrected chi connectivity index (χ0v) is 19.5.